The number of hydrogen-bond acceptors (Lipinski definition) is 2. The van der Waals surface area contributed by atoms with Gasteiger partial charge < -0.3 is 0 Å². The van der Waals surface area contributed by atoms with Crippen molar-refractivity contribution in [1.82, 2.24) is 0 Å². The van der Waals surface area contributed by atoms with Crippen LogP contribution in [0.25, 0.3) is 0 Å². The Morgan fingerprint density at radius 3 is 2.52 bits per heavy atom. The summed E-state index contributed by atoms with van der Waals surface area (Å²) >= 11 is 0. The minimum absolute atomic E-state index is 0.213. The number of carbonyl (C=O) groups excluding carboxylic acids is 2. The van der Waals surface area contributed by atoms with E-state index < -0.39 is 0 Å². The molecule has 23 heavy (non-hydrogen) atoms. The van der Waals surface area contributed by atoms with Crippen LogP contribution in [0.2, 0.25) is 0 Å². The molecule has 4 aliphatic carbocycles. The van der Waals surface area contributed by atoms with Gasteiger partial charge in [0.15, 0.2) is 0 Å². The van der Waals surface area contributed by atoms with Crippen LogP contribution in [0.3, 0.4) is 0 Å². The summed E-state index contributed by atoms with van der Waals surface area (Å²) in [6.07, 6.45) is 12.2. The quantitative estimate of drug-likeness (QED) is 0.664. The van der Waals surface area contributed by atoms with Crippen LogP contribution in [0.1, 0.15) is 65.7 Å². The van der Waals surface area contributed by atoms with Crippen molar-refractivity contribution in [2.24, 2.45) is 40.4 Å². The molecular weight excluding hydrogens is 284 g/mol. The highest BCUT2D eigenvalue weighted by Crippen LogP contribution is 2.65. The van der Waals surface area contributed by atoms with E-state index in [0.29, 0.717) is 34.7 Å². The van der Waals surface area contributed by atoms with Crippen molar-refractivity contribution in [2.75, 3.05) is 0 Å². The zero-order chi connectivity index (χ0) is 16.4. The summed E-state index contributed by atoms with van der Waals surface area (Å²) < 4.78 is 0. The second kappa shape index (κ2) is 5.04. The van der Waals surface area contributed by atoms with E-state index >= 15 is 0 Å². The van der Waals surface area contributed by atoms with E-state index in [2.05, 4.69) is 26.0 Å². The fourth-order valence-electron chi connectivity index (χ4n) is 7.09. The molecule has 0 aromatic rings. The predicted molar refractivity (Wildman–Crippen MR) is 90.8 cm³/mol. The van der Waals surface area contributed by atoms with Gasteiger partial charge in [-0.25, -0.2) is 0 Å². The molecule has 7 atom stereocenters. The van der Waals surface area contributed by atoms with Crippen LogP contribution in [0.4, 0.5) is 0 Å². The molecule has 0 amide bonds. The highest BCUT2D eigenvalue weighted by atomic mass is 16.1. The molecule has 0 heterocycles. The molecular formula is C21H30O2. The maximum Gasteiger partial charge on any atom is 0.133 e. The maximum atomic E-state index is 12.1. The highest BCUT2D eigenvalue weighted by Gasteiger charge is 2.59. The van der Waals surface area contributed by atoms with Gasteiger partial charge in [0, 0.05) is 18.8 Å². The van der Waals surface area contributed by atoms with Crippen LogP contribution in [0.5, 0.6) is 0 Å². The van der Waals surface area contributed by atoms with E-state index in [1.807, 2.05) is 0 Å². The van der Waals surface area contributed by atoms with Crippen molar-refractivity contribution in [2.45, 2.75) is 65.7 Å². The number of rotatable bonds is 1. The Kier molecular flexibility index (Phi) is 3.42. The number of hydrogen-bond donors (Lipinski definition) is 0. The van der Waals surface area contributed by atoms with E-state index in [4.69, 9.17) is 0 Å². The zero-order valence-corrected chi connectivity index (χ0v) is 14.8. The van der Waals surface area contributed by atoms with Crippen molar-refractivity contribution >= 4 is 11.6 Å². The third kappa shape index (κ3) is 2.06. The number of fused-ring (bicyclic) bond motifs is 5. The summed E-state index contributed by atoms with van der Waals surface area (Å²) in [5.74, 6) is 3.61. The van der Waals surface area contributed by atoms with E-state index in [1.54, 1.807) is 6.92 Å². The Balaban J connectivity index is 1.68. The Morgan fingerprint density at radius 1 is 1.04 bits per heavy atom. The fourth-order valence-corrected chi connectivity index (χ4v) is 7.09. The molecule has 0 radical (unpaired) electrons. The topological polar surface area (TPSA) is 34.1 Å². The Morgan fingerprint density at radius 2 is 1.78 bits per heavy atom. The Bertz CT molecular complexity index is 576. The smallest absolute Gasteiger partial charge is 0.133 e. The fraction of sp³-hybridized carbons (Fsp3) is 0.810. The molecule has 4 aliphatic rings. The molecule has 0 bridgehead atoms. The minimum atomic E-state index is 0.213. The first-order valence-electron chi connectivity index (χ1n) is 9.57. The predicted octanol–water partition coefficient (Wildman–Crippen LogP) is 4.58. The lowest BCUT2D eigenvalue weighted by atomic mass is 9.46. The van der Waals surface area contributed by atoms with Crippen molar-refractivity contribution < 1.29 is 9.59 Å². The summed E-state index contributed by atoms with van der Waals surface area (Å²) in [6.45, 7) is 6.64. The highest BCUT2D eigenvalue weighted by molar-refractivity contribution is 5.80. The lowest BCUT2D eigenvalue weighted by Gasteiger charge is -2.57. The third-order valence-electron chi connectivity index (χ3n) is 8.47. The van der Waals surface area contributed by atoms with Gasteiger partial charge in [0.2, 0.25) is 0 Å². The van der Waals surface area contributed by atoms with Gasteiger partial charge in [-0.3, -0.25) is 9.59 Å². The van der Waals surface area contributed by atoms with Gasteiger partial charge in [0.25, 0.3) is 0 Å². The van der Waals surface area contributed by atoms with Crippen LogP contribution >= 0.6 is 0 Å². The first-order chi connectivity index (χ1) is 10.9. The van der Waals surface area contributed by atoms with Gasteiger partial charge in [-0.05, 0) is 73.5 Å². The molecule has 126 valence electrons. The number of carbonyl (C=O) groups is 2. The molecule has 0 N–H and O–H groups in total. The Hall–Kier alpha value is -0.920. The monoisotopic (exact) mass is 314 g/mol. The second-order valence-electron chi connectivity index (χ2n) is 9.32. The lowest BCUT2D eigenvalue weighted by molar-refractivity contribution is -0.132. The Labute approximate surface area is 140 Å². The number of Topliss-reactive ketones (excluding diaryl/α,β-unsaturated/α-hetero) is 2. The van der Waals surface area contributed by atoms with Gasteiger partial charge in [-0.2, -0.15) is 0 Å². The van der Waals surface area contributed by atoms with E-state index in [1.165, 1.54) is 19.3 Å². The zero-order valence-electron chi connectivity index (χ0n) is 14.8. The van der Waals surface area contributed by atoms with Gasteiger partial charge in [0.1, 0.15) is 11.6 Å². The first-order valence-corrected chi connectivity index (χ1v) is 9.57. The van der Waals surface area contributed by atoms with Crippen molar-refractivity contribution in [3.63, 3.8) is 0 Å². The van der Waals surface area contributed by atoms with Gasteiger partial charge in [-0.15, -0.1) is 0 Å². The average molecular weight is 314 g/mol. The van der Waals surface area contributed by atoms with Crippen LogP contribution in [-0.2, 0) is 9.59 Å². The van der Waals surface area contributed by atoms with Crippen LogP contribution in [0.15, 0.2) is 12.2 Å². The summed E-state index contributed by atoms with van der Waals surface area (Å²) in [4.78, 5) is 24.0. The first kappa shape index (κ1) is 15.6. The molecule has 3 saturated carbocycles. The summed E-state index contributed by atoms with van der Waals surface area (Å²) in [6, 6.07) is 0. The van der Waals surface area contributed by atoms with Gasteiger partial charge in [-0.1, -0.05) is 26.0 Å². The molecule has 2 nitrogen and oxygen atoms in total. The second-order valence-corrected chi connectivity index (χ2v) is 9.32. The van der Waals surface area contributed by atoms with E-state index in [-0.39, 0.29) is 11.3 Å². The summed E-state index contributed by atoms with van der Waals surface area (Å²) in [7, 11) is 0. The molecule has 0 spiro atoms. The van der Waals surface area contributed by atoms with Crippen LogP contribution in [-0.4, -0.2) is 11.6 Å². The summed E-state index contributed by atoms with van der Waals surface area (Å²) in [5.41, 5.74) is 0.522. The molecule has 0 aromatic carbocycles. The number of ketones is 2. The average Bonchev–Trinajstić information content (AvgIpc) is 2.85. The largest absolute Gasteiger partial charge is 0.300 e. The van der Waals surface area contributed by atoms with Gasteiger partial charge >= 0.3 is 0 Å². The minimum Gasteiger partial charge on any atom is -0.300 e. The standard InChI is InChI=1S/C21H30O2/c1-13(22)17-6-7-18-16-5-4-14-12-15(23)8-10-20(14,2)19(16)9-11-21(17,18)3/h4-5,14,16-19H,6-12H2,1-3H3/t14-,16-,17+,18-,19-,20+,21+/m1/s1. The van der Waals surface area contributed by atoms with E-state index in [9.17, 15) is 9.59 Å². The number of allylic oxidation sites excluding steroid dienone is 2. The molecule has 0 saturated heterocycles. The normalized spacial score (nSPS) is 51.8. The van der Waals surface area contributed by atoms with Crippen LogP contribution < -0.4 is 0 Å². The third-order valence-corrected chi connectivity index (χ3v) is 8.47. The maximum absolute atomic E-state index is 12.1. The molecule has 2 heteroatoms. The molecule has 0 aliphatic heterocycles. The van der Waals surface area contributed by atoms with Crippen LogP contribution in [0, 0.1) is 40.4 Å². The summed E-state index contributed by atoms with van der Waals surface area (Å²) in [5, 5.41) is 0. The van der Waals surface area contributed by atoms with Gasteiger partial charge in [0.05, 0.1) is 0 Å². The lowest BCUT2D eigenvalue weighted by Crippen LogP contribution is -2.52. The van der Waals surface area contributed by atoms with E-state index in [0.717, 1.165) is 31.6 Å². The molecule has 0 unspecified atom stereocenters. The molecule has 3 fully saturated rings. The SMILES string of the molecule is CC(=O)[C@@H]1CC[C@@H]2[C@H]3C=C[C@@H]4CC(=O)CC[C@]4(C)[C@@H]3CC[C@]21C. The van der Waals surface area contributed by atoms with Crippen molar-refractivity contribution in [3.8, 4) is 0 Å². The van der Waals surface area contributed by atoms with Crippen molar-refractivity contribution in [1.29, 1.82) is 0 Å². The molecule has 0 aromatic heterocycles. The molecule has 4 rings (SSSR count). The van der Waals surface area contributed by atoms with Crippen molar-refractivity contribution in [3.05, 3.63) is 12.2 Å².